The predicted molar refractivity (Wildman–Crippen MR) is 54.4 cm³/mol. The van der Waals surface area contributed by atoms with Gasteiger partial charge in [0, 0.05) is 17.9 Å². The molecule has 0 unspecified atom stereocenters. The molecule has 2 heteroatoms. The lowest BCUT2D eigenvalue weighted by Gasteiger charge is -1.98. The van der Waals surface area contributed by atoms with Crippen molar-refractivity contribution in [3.63, 3.8) is 0 Å². The smallest absolute Gasteiger partial charge is 0.0394 e. The van der Waals surface area contributed by atoms with Crippen molar-refractivity contribution in [3.05, 3.63) is 23.8 Å². The van der Waals surface area contributed by atoms with Crippen LogP contribution in [-0.2, 0) is 6.42 Å². The summed E-state index contributed by atoms with van der Waals surface area (Å²) in [6, 6.07) is 6.03. The maximum Gasteiger partial charge on any atom is 0.0394 e. The number of hydrogen-bond donors (Lipinski definition) is 2. The van der Waals surface area contributed by atoms with Crippen molar-refractivity contribution in [2.24, 2.45) is 0 Å². The van der Waals surface area contributed by atoms with Crippen LogP contribution in [0.3, 0.4) is 0 Å². The van der Waals surface area contributed by atoms with E-state index in [1.165, 1.54) is 11.3 Å². The number of benzene rings is 1. The Kier molecular flexibility index (Phi) is 2.97. The van der Waals surface area contributed by atoms with Gasteiger partial charge in [0.15, 0.2) is 0 Å². The number of nitrogens with one attached hydrogen (secondary N) is 1. The van der Waals surface area contributed by atoms with E-state index in [1.807, 2.05) is 26.0 Å². The molecule has 0 radical (unpaired) electrons. The Balaban J connectivity index is 0.000000336. The minimum Gasteiger partial charge on any atom is -0.399 e. The lowest BCUT2D eigenvalue weighted by atomic mass is 10.1. The van der Waals surface area contributed by atoms with Crippen LogP contribution in [0.25, 0.3) is 0 Å². The molecule has 0 aromatic heterocycles. The van der Waals surface area contributed by atoms with E-state index in [4.69, 9.17) is 5.73 Å². The third-order valence-corrected chi connectivity index (χ3v) is 1.84. The third kappa shape index (κ3) is 1.70. The van der Waals surface area contributed by atoms with Crippen molar-refractivity contribution >= 4 is 11.4 Å². The van der Waals surface area contributed by atoms with Crippen molar-refractivity contribution in [1.29, 1.82) is 0 Å². The highest BCUT2D eigenvalue weighted by atomic mass is 14.9. The summed E-state index contributed by atoms with van der Waals surface area (Å²) in [5, 5.41) is 3.26. The molecule has 0 amide bonds. The van der Waals surface area contributed by atoms with Crippen LogP contribution in [0, 0.1) is 0 Å². The number of nitrogen functional groups attached to an aromatic ring is 1. The topological polar surface area (TPSA) is 38.0 Å². The molecule has 1 aliphatic rings. The molecule has 1 aromatic rings. The molecular formula is C10H16N2. The first-order chi connectivity index (χ1) is 5.86. The van der Waals surface area contributed by atoms with Gasteiger partial charge in [-0.3, -0.25) is 0 Å². The molecule has 0 saturated carbocycles. The van der Waals surface area contributed by atoms with Crippen LogP contribution in [0.4, 0.5) is 11.4 Å². The quantitative estimate of drug-likeness (QED) is 0.577. The van der Waals surface area contributed by atoms with E-state index in [-0.39, 0.29) is 0 Å². The number of hydrogen-bond acceptors (Lipinski definition) is 2. The Morgan fingerprint density at radius 1 is 1.33 bits per heavy atom. The second-order valence-electron chi connectivity index (χ2n) is 2.59. The number of rotatable bonds is 0. The number of fused-ring (bicyclic) bond motifs is 1. The highest BCUT2D eigenvalue weighted by Crippen LogP contribution is 2.23. The molecule has 0 saturated heterocycles. The van der Waals surface area contributed by atoms with Gasteiger partial charge in [-0.2, -0.15) is 0 Å². The van der Waals surface area contributed by atoms with E-state index in [9.17, 15) is 0 Å². The second kappa shape index (κ2) is 4.00. The average Bonchev–Trinajstić information content (AvgIpc) is 2.54. The SMILES string of the molecule is CC.Nc1ccc2c(c1)NCC2. The molecule has 3 N–H and O–H groups in total. The van der Waals surface area contributed by atoms with E-state index in [0.29, 0.717) is 0 Å². The van der Waals surface area contributed by atoms with Crippen LogP contribution < -0.4 is 11.1 Å². The molecular weight excluding hydrogens is 148 g/mol. The summed E-state index contributed by atoms with van der Waals surface area (Å²) in [5.74, 6) is 0. The molecule has 0 bridgehead atoms. The van der Waals surface area contributed by atoms with Crippen molar-refractivity contribution in [2.45, 2.75) is 20.3 Å². The Morgan fingerprint density at radius 2 is 2.08 bits per heavy atom. The fraction of sp³-hybridized carbons (Fsp3) is 0.400. The van der Waals surface area contributed by atoms with Crippen LogP contribution in [0.5, 0.6) is 0 Å². The molecule has 0 fully saturated rings. The van der Waals surface area contributed by atoms with Crippen molar-refractivity contribution in [2.75, 3.05) is 17.6 Å². The van der Waals surface area contributed by atoms with Gasteiger partial charge in [-0.1, -0.05) is 19.9 Å². The first kappa shape index (κ1) is 8.91. The van der Waals surface area contributed by atoms with Gasteiger partial charge in [0.05, 0.1) is 0 Å². The molecule has 0 spiro atoms. The maximum absolute atomic E-state index is 5.59. The largest absolute Gasteiger partial charge is 0.399 e. The zero-order chi connectivity index (χ0) is 8.97. The fourth-order valence-corrected chi connectivity index (χ4v) is 1.31. The fourth-order valence-electron chi connectivity index (χ4n) is 1.31. The third-order valence-electron chi connectivity index (χ3n) is 1.84. The van der Waals surface area contributed by atoms with Gasteiger partial charge in [-0.25, -0.2) is 0 Å². The second-order valence-corrected chi connectivity index (χ2v) is 2.59. The zero-order valence-electron chi connectivity index (χ0n) is 7.72. The van der Waals surface area contributed by atoms with E-state index in [1.54, 1.807) is 0 Å². The number of anilines is 2. The Bertz CT molecular complexity index is 256. The lowest BCUT2D eigenvalue weighted by Crippen LogP contribution is -1.91. The first-order valence-corrected chi connectivity index (χ1v) is 4.48. The summed E-state index contributed by atoms with van der Waals surface area (Å²) in [5.41, 5.74) is 9.02. The monoisotopic (exact) mass is 164 g/mol. The van der Waals surface area contributed by atoms with Gasteiger partial charge in [0.25, 0.3) is 0 Å². The van der Waals surface area contributed by atoms with Gasteiger partial charge in [-0.05, 0) is 24.1 Å². The normalized spacial score (nSPS) is 12.5. The summed E-state index contributed by atoms with van der Waals surface area (Å²) in [7, 11) is 0. The van der Waals surface area contributed by atoms with Crippen molar-refractivity contribution in [1.82, 2.24) is 0 Å². The Morgan fingerprint density at radius 3 is 2.83 bits per heavy atom. The summed E-state index contributed by atoms with van der Waals surface area (Å²) in [6.45, 7) is 5.05. The number of nitrogens with two attached hydrogens (primary N) is 1. The summed E-state index contributed by atoms with van der Waals surface area (Å²) < 4.78 is 0. The molecule has 0 atom stereocenters. The standard InChI is InChI=1S/C8H10N2.C2H6/c9-7-2-1-6-3-4-10-8(6)5-7;1-2/h1-2,5,10H,3-4,9H2;1-2H3. The van der Waals surface area contributed by atoms with Gasteiger partial charge < -0.3 is 11.1 Å². The molecule has 2 rings (SSSR count). The predicted octanol–water partition coefficient (Wildman–Crippen LogP) is 2.26. The van der Waals surface area contributed by atoms with Gasteiger partial charge >= 0.3 is 0 Å². The lowest BCUT2D eigenvalue weighted by molar-refractivity contribution is 1.11. The molecule has 2 nitrogen and oxygen atoms in total. The first-order valence-electron chi connectivity index (χ1n) is 4.48. The minimum atomic E-state index is 0.841. The van der Waals surface area contributed by atoms with Crippen LogP contribution >= 0.6 is 0 Å². The zero-order valence-corrected chi connectivity index (χ0v) is 7.72. The van der Waals surface area contributed by atoms with Crippen LogP contribution in [0.15, 0.2) is 18.2 Å². The van der Waals surface area contributed by atoms with Gasteiger partial charge in [0.2, 0.25) is 0 Å². The van der Waals surface area contributed by atoms with E-state index < -0.39 is 0 Å². The minimum absolute atomic E-state index is 0.841. The van der Waals surface area contributed by atoms with Gasteiger partial charge in [0.1, 0.15) is 0 Å². The Labute approximate surface area is 73.8 Å². The van der Waals surface area contributed by atoms with Gasteiger partial charge in [-0.15, -0.1) is 0 Å². The summed E-state index contributed by atoms with van der Waals surface area (Å²) in [4.78, 5) is 0. The van der Waals surface area contributed by atoms with Crippen molar-refractivity contribution in [3.8, 4) is 0 Å². The molecule has 1 heterocycles. The molecule has 12 heavy (non-hydrogen) atoms. The highest BCUT2D eigenvalue weighted by Gasteiger charge is 2.07. The molecule has 0 aliphatic carbocycles. The van der Waals surface area contributed by atoms with Crippen LogP contribution in [-0.4, -0.2) is 6.54 Å². The molecule has 1 aliphatic heterocycles. The maximum atomic E-state index is 5.59. The Hall–Kier alpha value is -1.18. The summed E-state index contributed by atoms with van der Waals surface area (Å²) >= 11 is 0. The summed E-state index contributed by atoms with van der Waals surface area (Å²) in [6.07, 6.45) is 1.13. The van der Waals surface area contributed by atoms with Crippen LogP contribution in [0.1, 0.15) is 19.4 Å². The van der Waals surface area contributed by atoms with E-state index in [2.05, 4.69) is 11.4 Å². The van der Waals surface area contributed by atoms with E-state index >= 15 is 0 Å². The van der Waals surface area contributed by atoms with E-state index in [0.717, 1.165) is 18.7 Å². The van der Waals surface area contributed by atoms with Crippen LogP contribution in [0.2, 0.25) is 0 Å². The molecule has 66 valence electrons. The van der Waals surface area contributed by atoms with Crippen molar-refractivity contribution < 1.29 is 0 Å². The highest BCUT2D eigenvalue weighted by molar-refractivity contribution is 5.62. The molecule has 1 aromatic carbocycles. The average molecular weight is 164 g/mol.